The van der Waals surface area contributed by atoms with E-state index in [1.54, 1.807) is 24.2 Å². The fourth-order valence-electron chi connectivity index (χ4n) is 0.998. The lowest BCUT2D eigenvalue weighted by atomic mass is 10.1. The number of rotatable bonds is 3. The second-order valence-corrected chi connectivity index (χ2v) is 2.82. The van der Waals surface area contributed by atoms with E-state index in [2.05, 4.69) is 0 Å². The van der Waals surface area contributed by atoms with Crippen LogP contribution in [-0.2, 0) is 6.42 Å². The number of hydrogen-bond donors (Lipinski definition) is 1. The van der Waals surface area contributed by atoms with E-state index >= 15 is 0 Å². The minimum absolute atomic E-state index is 0.153. The molecule has 0 aliphatic carbocycles. The summed E-state index contributed by atoms with van der Waals surface area (Å²) in [7, 11) is 1.76. The number of halogens is 1. The summed E-state index contributed by atoms with van der Waals surface area (Å²) in [6.07, 6.45) is 0.652. The van der Waals surface area contributed by atoms with Gasteiger partial charge in [-0.3, -0.25) is 5.84 Å². The minimum Gasteiger partial charge on any atom is -0.269 e. The summed E-state index contributed by atoms with van der Waals surface area (Å²) in [5.41, 5.74) is 0.717. The number of nitrogens with two attached hydrogens (primary N) is 1. The predicted octanol–water partition coefficient (Wildman–Crippen LogP) is 1.17. The monoisotopic (exact) mass is 168 g/mol. The highest BCUT2D eigenvalue weighted by molar-refractivity contribution is 5.17. The summed E-state index contributed by atoms with van der Waals surface area (Å²) in [5.74, 6) is 5.25. The molecule has 0 fully saturated rings. The molecule has 2 nitrogen and oxygen atoms in total. The van der Waals surface area contributed by atoms with E-state index < -0.39 is 0 Å². The van der Waals surface area contributed by atoms with Crippen molar-refractivity contribution in [1.82, 2.24) is 5.01 Å². The van der Waals surface area contributed by atoms with Crippen molar-refractivity contribution in [3.05, 3.63) is 35.6 Å². The van der Waals surface area contributed by atoms with Gasteiger partial charge in [0.2, 0.25) is 0 Å². The van der Waals surface area contributed by atoms with Crippen molar-refractivity contribution < 1.29 is 4.39 Å². The number of nitrogens with zero attached hydrogens (tertiary/aromatic N) is 1. The van der Waals surface area contributed by atoms with Gasteiger partial charge in [0, 0.05) is 13.6 Å². The summed E-state index contributed by atoms with van der Waals surface area (Å²) in [4.78, 5) is 0. The molecule has 1 aromatic rings. The molecule has 0 spiro atoms. The zero-order valence-electron chi connectivity index (χ0n) is 7.13. The number of likely N-dealkylation sites (N-methyl/N-ethyl adjacent to an activating group) is 1. The van der Waals surface area contributed by atoms with Gasteiger partial charge in [-0.05, 0) is 18.1 Å². The summed E-state index contributed by atoms with van der Waals surface area (Å²) < 4.78 is 13.0. The Morgan fingerprint density at radius 2 is 2.08 bits per heavy atom. The number of benzene rings is 1. The van der Waals surface area contributed by atoms with Gasteiger partial charge in [0.15, 0.2) is 0 Å². The van der Waals surface area contributed by atoms with E-state index in [0.29, 0.717) is 13.0 Å². The Kier molecular flexibility index (Phi) is 3.19. The molecule has 66 valence electrons. The molecule has 1 aromatic carbocycles. The van der Waals surface area contributed by atoms with Crippen LogP contribution in [0, 0.1) is 5.82 Å². The molecule has 3 heteroatoms. The van der Waals surface area contributed by atoms with Crippen LogP contribution >= 0.6 is 0 Å². The van der Waals surface area contributed by atoms with Crippen LogP contribution in [0.15, 0.2) is 24.3 Å². The van der Waals surface area contributed by atoms with Crippen molar-refractivity contribution in [3.8, 4) is 0 Å². The van der Waals surface area contributed by atoms with E-state index in [1.807, 2.05) is 6.07 Å². The maximum atomic E-state index is 13.0. The molecule has 0 unspecified atom stereocenters. The van der Waals surface area contributed by atoms with E-state index in [-0.39, 0.29) is 5.82 Å². The first-order valence-electron chi connectivity index (χ1n) is 3.89. The van der Waals surface area contributed by atoms with E-state index in [9.17, 15) is 4.39 Å². The minimum atomic E-state index is -0.153. The zero-order chi connectivity index (χ0) is 8.97. The van der Waals surface area contributed by atoms with Crippen LogP contribution in [0.2, 0.25) is 0 Å². The Labute approximate surface area is 71.8 Å². The highest BCUT2D eigenvalue weighted by Crippen LogP contribution is 2.06. The van der Waals surface area contributed by atoms with Gasteiger partial charge >= 0.3 is 0 Å². The largest absolute Gasteiger partial charge is 0.269 e. The smallest absolute Gasteiger partial charge is 0.126 e. The van der Waals surface area contributed by atoms with Gasteiger partial charge in [0.05, 0.1) is 0 Å². The average molecular weight is 168 g/mol. The zero-order valence-corrected chi connectivity index (χ0v) is 7.13. The third kappa shape index (κ3) is 2.60. The SMILES string of the molecule is CN(N)CCc1ccccc1F. The van der Waals surface area contributed by atoms with Crippen molar-refractivity contribution in [1.29, 1.82) is 0 Å². The number of hydrazine groups is 1. The Morgan fingerprint density at radius 3 is 2.67 bits per heavy atom. The number of hydrogen-bond acceptors (Lipinski definition) is 2. The van der Waals surface area contributed by atoms with Crippen molar-refractivity contribution in [3.63, 3.8) is 0 Å². The molecule has 0 bridgehead atoms. The lowest BCUT2D eigenvalue weighted by Gasteiger charge is -2.08. The molecule has 0 atom stereocenters. The van der Waals surface area contributed by atoms with Crippen molar-refractivity contribution in [2.75, 3.05) is 13.6 Å². The van der Waals surface area contributed by atoms with E-state index in [1.165, 1.54) is 6.07 Å². The normalized spacial score (nSPS) is 10.7. The molecular formula is C9H13FN2. The van der Waals surface area contributed by atoms with Crippen molar-refractivity contribution in [2.24, 2.45) is 5.84 Å². The molecule has 0 saturated carbocycles. The topological polar surface area (TPSA) is 29.3 Å². The molecule has 0 radical (unpaired) electrons. The van der Waals surface area contributed by atoms with E-state index in [4.69, 9.17) is 5.84 Å². The summed E-state index contributed by atoms with van der Waals surface area (Å²) in [6.45, 7) is 0.668. The third-order valence-corrected chi connectivity index (χ3v) is 1.69. The second kappa shape index (κ2) is 4.18. The molecule has 0 aromatic heterocycles. The molecule has 0 heterocycles. The van der Waals surface area contributed by atoms with E-state index in [0.717, 1.165) is 5.56 Å². The van der Waals surface area contributed by atoms with Crippen molar-refractivity contribution in [2.45, 2.75) is 6.42 Å². The first kappa shape index (κ1) is 9.16. The van der Waals surface area contributed by atoms with Gasteiger partial charge in [0.25, 0.3) is 0 Å². The Balaban J connectivity index is 2.57. The molecule has 0 aliphatic rings. The average Bonchev–Trinajstić information content (AvgIpc) is 2.03. The fourth-order valence-corrected chi connectivity index (χ4v) is 0.998. The molecule has 0 aliphatic heterocycles. The van der Waals surface area contributed by atoms with Gasteiger partial charge in [-0.15, -0.1) is 0 Å². The standard InChI is InChI=1S/C9H13FN2/c1-12(11)7-6-8-4-2-3-5-9(8)10/h2-5H,6-7,11H2,1H3. The van der Waals surface area contributed by atoms with Crippen LogP contribution in [-0.4, -0.2) is 18.6 Å². The van der Waals surface area contributed by atoms with Crippen molar-refractivity contribution >= 4 is 0 Å². The summed E-state index contributed by atoms with van der Waals surface area (Å²) in [5, 5.41) is 1.55. The molecular weight excluding hydrogens is 155 g/mol. The predicted molar refractivity (Wildman–Crippen MR) is 46.9 cm³/mol. The Hall–Kier alpha value is -0.930. The van der Waals surface area contributed by atoms with Crippen LogP contribution in [0.1, 0.15) is 5.56 Å². The van der Waals surface area contributed by atoms with Gasteiger partial charge in [-0.25, -0.2) is 9.40 Å². The Morgan fingerprint density at radius 1 is 1.42 bits per heavy atom. The molecule has 2 N–H and O–H groups in total. The molecule has 12 heavy (non-hydrogen) atoms. The van der Waals surface area contributed by atoms with Crippen LogP contribution < -0.4 is 5.84 Å². The molecule has 0 amide bonds. The lowest BCUT2D eigenvalue weighted by molar-refractivity contribution is 0.352. The maximum Gasteiger partial charge on any atom is 0.126 e. The van der Waals surface area contributed by atoms with Crippen LogP contribution in [0.25, 0.3) is 0 Å². The van der Waals surface area contributed by atoms with Gasteiger partial charge < -0.3 is 0 Å². The summed E-state index contributed by atoms with van der Waals surface area (Å²) in [6, 6.07) is 6.75. The van der Waals surface area contributed by atoms with Crippen LogP contribution in [0.5, 0.6) is 0 Å². The van der Waals surface area contributed by atoms with Crippen LogP contribution in [0.3, 0.4) is 0 Å². The second-order valence-electron chi connectivity index (χ2n) is 2.82. The van der Waals surface area contributed by atoms with Gasteiger partial charge in [0.1, 0.15) is 5.82 Å². The quantitative estimate of drug-likeness (QED) is 0.542. The maximum absolute atomic E-state index is 13.0. The molecule has 0 saturated heterocycles. The summed E-state index contributed by atoms with van der Waals surface area (Å²) >= 11 is 0. The Bertz CT molecular complexity index is 248. The third-order valence-electron chi connectivity index (χ3n) is 1.69. The van der Waals surface area contributed by atoms with Crippen LogP contribution in [0.4, 0.5) is 4.39 Å². The first-order valence-corrected chi connectivity index (χ1v) is 3.89. The first-order chi connectivity index (χ1) is 5.70. The van der Waals surface area contributed by atoms with Gasteiger partial charge in [-0.2, -0.15) is 0 Å². The van der Waals surface area contributed by atoms with Gasteiger partial charge in [-0.1, -0.05) is 18.2 Å². The lowest BCUT2D eigenvalue weighted by Crippen LogP contribution is -2.28. The highest BCUT2D eigenvalue weighted by Gasteiger charge is 2.00. The molecule has 1 rings (SSSR count). The highest BCUT2D eigenvalue weighted by atomic mass is 19.1. The fraction of sp³-hybridized carbons (Fsp3) is 0.333.